The van der Waals surface area contributed by atoms with E-state index < -0.39 is 17.2 Å². The van der Waals surface area contributed by atoms with Crippen molar-refractivity contribution < 1.29 is 8.78 Å². The highest BCUT2D eigenvalue weighted by molar-refractivity contribution is 7.76. The normalized spacial score (nSPS) is 15.3. The molecule has 0 aliphatic heterocycles. The van der Waals surface area contributed by atoms with Gasteiger partial charge in [-0.05, 0) is 0 Å². The van der Waals surface area contributed by atoms with Crippen molar-refractivity contribution in [3.8, 4) is 0 Å². The van der Waals surface area contributed by atoms with E-state index in [4.69, 9.17) is 66.5 Å². The Kier molecular flexibility index (Phi) is 4.33. The third-order valence-electron chi connectivity index (χ3n) is 0.712. The molecule has 0 radical (unpaired) electrons. The van der Waals surface area contributed by atoms with Crippen LogP contribution in [0.2, 0.25) is 0 Å². The Hall–Kier alpha value is 2.03. The number of hydrogen-bond acceptors (Lipinski definition) is 0. The van der Waals surface area contributed by atoms with Crippen molar-refractivity contribution in [3.63, 3.8) is 0 Å². The van der Waals surface area contributed by atoms with E-state index in [0.29, 0.717) is 0 Å². The average molecular weight is 319 g/mol. The molecular weight excluding hydrogens is 319 g/mol. The van der Waals surface area contributed by atoms with Gasteiger partial charge in [-0.3, -0.25) is 0 Å². The summed E-state index contributed by atoms with van der Waals surface area (Å²) < 4.78 is 25.5. The molecule has 0 atom stereocenters. The summed E-state index contributed by atoms with van der Waals surface area (Å²) in [6.07, 6.45) is 0. The zero-order valence-corrected chi connectivity index (χ0v) is 11.1. The van der Waals surface area contributed by atoms with Crippen molar-refractivity contribution >= 4 is 78.5 Å². The number of alkyl halides is 2. The minimum atomic E-state index is -4.27. The second-order valence-electron chi connectivity index (χ2n) is 1.57. The molecule has 0 heterocycles. The highest BCUT2D eigenvalue weighted by atomic mass is 35.8. The summed E-state index contributed by atoms with van der Waals surface area (Å²) in [5.41, 5.74) is 0. The summed E-state index contributed by atoms with van der Waals surface area (Å²) in [6.45, 7) is 0. The molecule has 0 amide bonds. The van der Waals surface area contributed by atoms with Crippen molar-refractivity contribution in [2.24, 2.45) is 0 Å². The third-order valence-corrected chi connectivity index (χ3v) is 11.5. The molecule has 10 heteroatoms. The van der Waals surface area contributed by atoms with Gasteiger partial charge < -0.3 is 0 Å². The first-order chi connectivity index (χ1) is 4.50. The third kappa shape index (κ3) is 3.02. The summed E-state index contributed by atoms with van der Waals surface area (Å²) in [6, 6.07) is -8.54. The first kappa shape index (κ1) is 13.0. The predicted octanol–water partition coefficient (Wildman–Crippen LogP) is 4.01. The Morgan fingerprint density at radius 1 is 0.727 bits per heavy atom. The molecule has 0 rings (SSSR count). The zero-order valence-electron chi connectivity index (χ0n) is 4.52. The molecule has 0 bridgehead atoms. The van der Waals surface area contributed by atoms with Crippen LogP contribution >= 0.6 is 66.5 Å². The molecule has 0 aliphatic carbocycles. The fourth-order valence-electron chi connectivity index (χ4n) is 0.161. The van der Waals surface area contributed by atoms with Crippen molar-refractivity contribution in [3.05, 3.63) is 0 Å². The van der Waals surface area contributed by atoms with Gasteiger partial charge in [0.2, 0.25) is 0 Å². The molecule has 0 aromatic heterocycles. The van der Waals surface area contributed by atoms with Crippen LogP contribution in [0.1, 0.15) is 0 Å². The summed E-state index contributed by atoms with van der Waals surface area (Å²) in [5.74, 6) is 0. The van der Waals surface area contributed by atoms with Crippen LogP contribution in [0, 0.1) is 0 Å². The van der Waals surface area contributed by atoms with Gasteiger partial charge in [0.15, 0.2) is 0 Å². The molecule has 0 unspecified atom stereocenters. The quantitative estimate of drug-likeness (QED) is 0.533. The van der Waals surface area contributed by atoms with Gasteiger partial charge in [-0.1, -0.05) is 0 Å². The van der Waals surface area contributed by atoms with E-state index in [-0.39, 0.29) is 0 Å². The molecule has 0 saturated carbocycles. The van der Waals surface area contributed by atoms with Crippen molar-refractivity contribution in [2.45, 2.75) is 5.17 Å². The second kappa shape index (κ2) is 3.65. The maximum Gasteiger partial charge on any atom is 0.416 e. The van der Waals surface area contributed by atoms with Gasteiger partial charge in [0.25, 0.3) is 0 Å². The molecule has 0 fully saturated rings. The fourth-order valence-corrected chi connectivity index (χ4v) is 13.0. The molecule has 0 aromatic carbocycles. The van der Waals surface area contributed by atoms with Crippen LogP contribution in [0.3, 0.4) is 0 Å². The Bertz CT molecular complexity index is 130. The summed E-state index contributed by atoms with van der Waals surface area (Å²) in [4.78, 5) is 0. The standard InChI is InChI=1S/CCl6F2Si2/c2-10(3,4)1(8,9)11(5,6)7. The second-order valence-corrected chi connectivity index (χ2v) is 19.0. The number of rotatable bonds is 2. The Labute approximate surface area is 91.9 Å². The molecule has 68 valence electrons. The lowest BCUT2D eigenvalue weighted by Gasteiger charge is -2.25. The number of halogens is 8. The smallest absolute Gasteiger partial charge is 0.207 e. The van der Waals surface area contributed by atoms with Crippen molar-refractivity contribution in [1.82, 2.24) is 0 Å². The first-order valence-corrected chi connectivity index (χ1v) is 12.1. The molecule has 0 aromatic rings. The monoisotopic (exact) mass is 316 g/mol. The van der Waals surface area contributed by atoms with Crippen LogP contribution < -0.4 is 0 Å². The lowest BCUT2D eigenvalue weighted by molar-refractivity contribution is 0.181. The van der Waals surface area contributed by atoms with Gasteiger partial charge in [-0.2, -0.15) is 0 Å². The SMILES string of the molecule is FC(F)([Si](Cl)(Cl)Cl)[Si](Cl)(Cl)Cl. The summed E-state index contributed by atoms with van der Waals surface area (Å²) in [7, 11) is 0. The van der Waals surface area contributed by atoms with Crippen molar-refractivity contribution in [1.29, 1.82) is 0 Å². The van der Waals surface area contributed by atoms with Gasteiger partial charge >= 0.3 is 17.2 Å². The minimum absolute atomic E-state index is 3.75. The molecule has 0 N–H and O–H groups in total. The number of hydrogen-bond donors (Lipinski definition) is 0. The molecule has 0 aliphatic rings. The summed E-state index contributed by atoms with van der Waals surface area (Å²) >= 11 is 30.1. The maximum absolute atomic E-state index is 12.8. The van der Waals surface area contributed by atoms with Crippen LogP contribution in [-0.4, -0.2) is 17.2 Å². The summed E-state index contributed by atoms with van der Waals surface area (Å²) in [5, 5.41) is -3.75. The van der Waals surface area contributed by atoms with Crippen LogP contribution in [0.5, 0.6) is 0 Å². The van der Waals surface area contributed by atoms with E-state index in [2.05, 4.69) is 0 Å². The highest BCUT2D eigenvalue weighted by Gasteiger charge is 2.68. The first-order valence-electron chi connectivity index (χ1n) is 2.01. The minimum Gasteiger partial charge on any atom is -0.207 e. The van der Waals surface area contributed by atoms with E-state index in [9.17, 15) is 8.78 Å². The van der Waals surface area contributed by atoms with E-state index >= 15 is 0 Å². The van der Waals surface area contributed by atoms with Gasteiger partial charge in [0, 0.05) is 0 Å². The molecule has 11 heavy (non-hydrogen) atoms. The topological polar surface area (TPSA) is 0 Å². The Morgan fingerprint density at radius 2 is 0.909 bits per heavy atom. The average Bonchev–Trinajstić information content (AvgIpc) is 1.58. The van der Waals surface area contributed by atoms with Gasteiger partial charge in [-0.15, -0.1) is 66.5 Å². The van der Waals surface area contributed by atoms with Crippen LogP contribution in [0.25, 0.3) is 0 Å². The van der Waals surface area contributed by atoms with Gasteiger partial charge in [-0.25, -0.2) is 8.78 Å². The van der Waals surface area contributed by atoms with E-state index in [0.717, 1.165) is 0 Å². The maximum atomic E-state index is 12.8. The Balaban J connectivity index is 4.75. The molecular formula is CCl6F2Si2. The van der Waals surface area contributed by atoms with Crippen LogP contribution in [-0.2, 0) is 0 Å². The van der Waals surface area contributed by atoms with E-state index in [1.54, 1.807) is 0 Å². The Morgan fingerprint density at radius 3 is 0.909 bits per heavy atom. The lowest BCUT2D eigenvalue weighted by atomic mass is 11.6. The molecule has 0 nitrogen and oxygen atoms in total. The molecule has 0 spiro atoms. The lowest BCUT2D eigenvalue weighted by Crippen LogP contribution is -2.53. The fraction of sp³-hybridized carbons (Fsp3) is 1.00. The largest absolute Gasteiger partial charge is 0.416 e. The van der Waals surface area contributed by atoms with Gasteiger partial charge in [0.1, 0.15) is 0 Å². The van der Waals surface area contributed by atoms with Crippen molar-refractivity contribution in [2.75, 3.05) is 0 Å². The zero-order chi connectivity index (χ0) is 9.50. The van der Waals surface area contributed by atoms with Crippen LogP contribution in [0.15, 0.2) is 0 Å². The van der Waals surface area contributed by atoms with Crippen LogP contribution in [0.4, 0.5) is 8.78 Å². The van der Waals surface area contributed by atoms with Gasteiger partial charge in [0.05, 0.1) is 0 Å². The predicted molar refractivity (Wildman–Crippen MR) is 51.6 cm³/mol. The van der Waals surface area contributed by atoms with E-state index in [1.165, 1.54) is 0 Å². The molecule has 0 saturated heterocycles. The van der Waals surface area contributed by atoms with E-state index in [1.807, 2.05) is 0 Å². The highest BCUT2D eigenvalue weighted by Crippen LogP contribution is 2.48.